The summed E-state index contributed by atoms with van der Waals surface area (Å²) in [5.41, 5.74) is 0. The van der Waals surface area contributed by atoms with Crippen LogP contribution >= 0.6 is 0 Å². The van der Waals surface area contributed by atoms with Crippen LogP contribution in [0.25, 0.3) is 0 Å². The molecular formula is C16H27NO3. The zero-order valence-electron chi connectivity index (χ0n) is 12.6. The normalized spacial score (nSPS) is 20.2. The third-order valence-electron chi connectivity index (χ3n) is 4.35. The summed E-state index contributed by atoms with van der Waals surface area (Å²) in [4.78, 5) is 25.9. The Bertz CT molecular complexity index is 331. The third-order valence-corrected chi connectivity index (χ3v) is 4.35. The predicted octanol–water partition coefficient (Wildman–Crippen LogP) is 2.90. The predicted molar refractivity (Wildman–Crippen MR) is 77.2 cm³/mol. The average Bonchev–Trinajstić information content (AvgIpc) is 3.24. The molecule has 0 bridgehead atoms. The molecule has 2 aliphatic carbocycles. The Morgan fingerprint density at radius 1 is 1.05 bits per heavy atom. The maximum atomic E-state index is 12.5. The first-order valence-electron chi connectivity index (χ1n) is 8.15. The van der Waals surface area contributed by atoms with Crippen LogP contribution < -0.4 is 0 Å². The molecule has 0 N–H and O–H groups in total. The Hall–Kier alpha value is -1.06. The molecule has 0 aliphatic heterocycles. The zero-order chi connectivity index (χ0) is 14.4. The molecule has 0 aromatic heterocycles. The molecule has 0 radical (unpaired) electrons. The quantitative estimate of drug-likeness (QED) is 0.555. The van der Waals surface area contributed by atoms with Gasteiger partial charge in [-0.15, -0.1) is 0 Å². The van der Waals surface area contributed by atoms with Crippen molar-refractivity contribution >= 4 is 11.9 Å². The van der Waals surface area contributed by atoms with Crippen molar-refractivity contribution in [3.63, 3.8) is 0 Å². The van der Waals surface area contributed by atoms with Crippen LogP contribution in [-0.4, -0.2) is 36.0 Å². The smallest absolute Gasteiger partial charge is 0.325 e. The minimum absolute atomic E-state index is 0.143. The Morgan fingerprint density at radius 3 is 2.25 bits per heavy atom. The fourth-order valence-electron chi connectivity index (χ4n) is 3.09. The summed E-state index contributed by atoms with van der Waals surface area (Å²) in [6.07, 6.45) is 10.1. The van der Waals surface area contributed by atoms with E-state index in [4.69, 9.17) is 4.74 Å². The first-order valence-corrected chi connectivity index (χ1v) is 8.15. The Kier molecular flexibility index (Phi) is 5.86. The molecule has 0 aromatic rings. The zero-order valence-corrected chi connectivity index (χ0v) is 12.6. The lowest BCUT2D eigenvalue weighted by Crippen LogP contribution is -2.39. The number of hydrogen-bond acceptors (Lipinski definition) is 3. The number of ether oxygens (including phenoxy) is 1. The molecule has 0 unspecified atom stereocenters. The molecule has 20 heavy (non-hydrogen) atoms. The Balaban J connectivity index is 1.84. The maximum absolute atomic E-state index is 12.5. The van der Waals surface area contributed by atoms with Crippen LogP contribution in [0.5, 0.6) is 0 Å². The highest BCUT2D eigenvalue weighted by atomic mass is 16.5. The van der Waals surface area contributed by atoms with Gasteiger partial charge >= 0.3 is 5.97 Å². The monoisotopic (exact) mass is 281 g/mol. The van der Waals surface area contributed by atoms with Gasteiger partial charge in [-0.05, 0) is 38.5 Å². The van der Waals surface area contributed by atoms with Gasteiger partial charge in [0.05, 0.1) is 6.61 Å². The maximum Gasteiger partial charge on any atom is 0.325 e. The summed E-state index contributed by atoms with van der Waals surface area (Å²) < 4.78 is 4.98. The van der Waals surface area contributed by atoms with Gasteiger partial charge in [0.25, 0.3) is 0 Å². The van der Waals surface area contributed by atoms with E-state index in [2.05, 4.69) is 0 Å². The molecule has 1 amide bonds. The van der Waals surface area contributed by atoms with Gasteiger partial charge in [0.2, 0.25) is 5.91 Å². The molecule has 2 rings (SSSR count). The topological polar surface area (TPSA) is 46.6 Å². The highest BCUT2D eigenvalue weighted by Crippen LogP contribution is 2.30. The molecule has 2 saturated carbocycles. The van der Waals surface area contributed by atoms with Crippen LogP contribution in [0.1, 0.15) is 64.7 Å². The highest BCUT2D eigenvalue weighted by Gasteiger charge is 2.34. The largest absolute Gasteiger partial charge is 0.465 e. The summed E-state index contributed by atoms with van der Waals surface area (Å²) in [7, 11) is 0. The minimum atomic E-state index is -0.270. The van der Waals surface area contributed by atoms with E-state index in [1.165, 1.54) is 38.5 Å². The lowest BCUT2D eigenvalue weighted by Gasteiger charge is -2.24. The van der Waals surface area contributed by atoms with Gasteiger partial charge in [0.1, 0.15) is 6.54 Å². The molecule has 114 valence electrons. The van der Waals surface area contributed by atoms with Crippen LogP contribution in [0.4, 0.5) is 0 Å². The fraction of sp³-hybridized carbons (Fsp3) is 0.875. The van der Waals surface area contributed by atoms with Crippen molar-refractivity contribution in [2.24, 2.45) is 5.92 Å². The fourth-order valence-corrected chi connectivity index (χ4v) is 3.09. The average molecular weight is 281 g/mol. The van der Waals surface area contributed by atoms with E-state index in [0.29, 0.717) is 18.9 Å². The van der Waals surface area contributed by atoms with Crippen LogP contribution in [0.15, 0.2) is 0 Å². The van der Waals surface area contributed by atoms with E-state index in [9.17, 15) is 9.59 Å². The SMILES string of the molecule is CCOC(=O)CN(C(=O)CC1CCCCCC1)C1CC1. The second-order valence-electron chi connectivity index (χ2n) is 6.12. The van der Waals surface area contributed by atoms with Crippen molar-refractivity contribution in [2.45, 2.75) is 70.8 Å². The second kappa shape index (κ2) is 7.65. The van der Waals surface area contributed by atoms with Crippen molar-refractivity contribution in [3.8, 4) is 0 Å². The lowest BCUT2D eigenvalue weighted by atomic mass is 9.96. The number of carbonyl (C=O) groups is 2. The van der Waals surface area contributed by atoms with Crippen molar-refractivity contribution in [1.29, 1.82) is 0 Å². The molecule has 4 nitrogen and oxygen atoms in total. The van der Waals surface area contributed by atoms with Crippen LogP contribution in [-0.2, 0) is 14.3 Å². The minimum Gasteiger partial charge on any atom is -0.465 e. The first kappa shape index (κ1) is 15.3. The summed E-state index contributed by atoms with van der Waals surface area (Å²) >= 11 is 0. The van der Waals surface area contributed by atoms with Crippen molar-refractivity contribution in [3.05, 3.63) is 0 Å². The molecule has 0 saturated heterocycles. The van der Waals surface area contributed by atoms with Crippen molar-refractivity contribution in [1.82, 2.24) is 4.90 Å². The molecule has 0 heterocycles. The van der Waals surface area contributed by atoms with E-state index in [0.717, 1.165) is 12.8 Å². The summed E-state index contributed by atoms with van der Waals surface area (Å²) in [5.74, 6) is 0.412. The van der Waals surface area contributed by atoms with Gasteiger partial charge in [0, 0.05) is 12.5 Å². The number of hydrogen-bond donors (Lipinski definition) is 0. The summed E-state index contributed by atoms with van der Waals surface area (Å²) in [6.45, 7) is 2.32. The Labute approximate surface area is 121 Å². The lowest BCUT2D eigenvalue weighted by molar-refractivity contribution is -0.149. The molecule has 0 atom stereocenters. The number of rotatable bonds is 6. The standard InChI is InChI=1S/C16H27NO3/c1-2-20-16(19)12-17(14-9-10-14)15(18)11-13-7-5-3-4-6-8-13/h13-14H,2-12H2,1H3. The highest BCUT2D eigenvalue weighted by molar-refractivity contribution is 5.82. The van der Waals surface area contributed by atoms with Gasteiger partial charge in [-0.25, -0.2) is 0 Å². The van der Waals surface area contributed by atoms with Gasteiger partial charge in [-0.2, -0.15) is 0 Å². The van der Waals surface area contributed by atoms with Crippen molar-refractivity contribution < 1.29 is 14.3 Å². The number of nitrogens with zero attached hydrogens (tertiary/aromatic N) is 1. The molecule has 2 fully saturated rings. The second-order valence-corrected chi connectivity index (χ2v) is 6.12. The first-order chi connectivity index (χ1) is 9.70. The molecule has 2 aliphatic rings. The summed E-state index contributed by atoms with van der Waals surface area (Å²) in [6, 6.07) is 0.290. The summed E-state index contributed by atoms with van der Waals surface area (Å²) in [5, 5.41) is 0. The van der Waals surface area contributed by atoms with Crippen molar-refractivity contribution in [2.75, 3.05) is 13.2 Å². The molecule has 0 spiro atoms. The van der Waals surface area contributed by atoms with Gasteiger partial charge in [-0.3, -0.25) is 9.59 Å². The number of amides is 1. The molecular weight excluding hydrogens is 254 g/mol. The Morgan fingerprint density at radius 2 is 1.70 bits per heavy atom. The molecule has 4 heteroatoms. The van der Waals surface area contributed by atoms with Crippen LogP contribution in [0, 0.1) is 5.92 Å². The third kappa shape index (κ3) is 4.80. The van der Waals surface area contributed by atoms with Gasteiger partial charge in [-0.1, -0.05) is 25.7 Å². The van der Waals surface area contributed by atoms with E-state index in [1.807, 2.05) is 0 Å². The molecule has 0 aromatic carbocycles. The van der Waals surface area contributed by atoms with Gasteiger partial charge < -0.3 is 9.64 Å². The van der Waals surface area contributed by atoms with E-state index >= 15 is 0 Å². The number of carbonyl (C=O) groups excluding carboxylic acids is 2. The van der Waals surface area contributed by atoms with Crippen LogP contribution in [0.3, 0.4) is 0 Å². The van der Waals surface area contributed by atoms with Crippen LogP contribution in [0.2, 0.25) is 0 Å². The number of esters is 1. The van der Waals surface area contributed by atoms with E-state index in [-0.39, 0.29) is 24.5 Å². The van der Waals surface area contributed by atoms with E-state index in [1.54, 1.807) is 11.8 Å². The van der Waals surface area contributed by atoms with Gasteiger partial charge in [0.15, 0.2) is 0 Å². The van der Waals surface area contributed by atoms with E-state index < -0.39 is 0 Å².